The van der Waals surface area contributed by atoms with Gasteiger partial charge < -0.3 is 20.1 Å². The summed E-state index contributed by atoms with van der Waals surface area (Å²) in [6, 6.07) is 12.2. The van der Waals surface area contributed by atoms with E-state index in [4.69, 9.17) is 16.3 Å². The normalized spacial score (nSPS) is 15.7. The van der Waals surface area contributed by atoms with Gasteiger partial charge in [-0.15, -0.1) is 0 Å². The van der Waals surface area contributed by atoms with Gasteiger partial charge in [0.05, 0.1) is 24.4 Å². The molecule has 0 aliphatic carbocycles. The smallest absolute Gasteiger partial charge is 0.309 e. The number of carbonyl (C=O) groups is 1. The summed E-state index contributed by atoms with van der Waals surface area (Å²) in [4.78, 5) is 15.1. The highest BCUT2D eigenvalue weighted by atomic mass is 35.5. The minimum atomic E-state index is -0.320. The van der Waals surface area contributed by atoms with E-state index in [-0.39, 0.29) is 30.4 Å². The average molecular weight is 544 g/mol. The van der Waals surface area contributed by atoms with E-state index in [9.17, 15) is 14.3 Å². The number of hydrogen-bond acceptors (Lipinski definition) is 7. The van der Waals surface area contributed by atoms with E-state index in [1.165, 1.54) is 12.1 Å². The topological polar surface area (TPSA) is 103 Å². The molecular formula is C28H35ClFN5O3. The largest absolute Gasteiger partial charge is 0.466 e. The van der Waals surface area contributed by atoms with Gasteiger partial charge in [0.1, 0.15) is 5.82 Å². The molecule has 2 heterocycles. The van der Waals surface area contributed by atoms with Gasteiger partial charge in [0.2, 0.25) is 0 Å². The second kappa shape index (κ2) is 13.8. The first-order chi connectivity index (χ1) is 18.4. The van der Waals surface area contributed by atoms with E-state index in [1.54, 1.807) is 12.3 Å². The summed E-state index contributed by atoms with van der Waals surface area (Å²) >= 11 is 6.07. The molecule has 3 N–H and O–H groups in total. The van der Waals surface area contributed by atoms with Crippen LogP contribution in [0.3, 0.4) is 0 Å². The van der Waals surface area contributed by atoms with Crippen LogP contribution in [0.1, 0.15) is 31.0 Å². The number of halogens is 2. The lowest BCUT2D eigenvalue weighted by Crippen LogP contribution is -2.49. The van der Waals surface area contributed by atoms with Crippen molar-refractivity contribution < 1.29 is 19.0 Å². The zero-order chi connectivity index (χ0) is 26.9. The van der Waals surface area contributed by atoms with Crippen molar-refractivity contribution in [2.24, 2.45) is 11.8 Å². The molecule has 0 unspecified atom stereocenters. The molecule has 2 atom stereocenters. The van der Waals surface area contributed by atoms with Crippen molar-refractivity contribution in [3.05, 3.63) is 70.8 Å². The molecule has 38 heavy (non-hydrogen) atoms. The van der Waals surface area contributed by atoms with E-state index in [0.29, 0.717) is 48.9 Å². The number of likely N-dealkylation sites (tertiary alicyclic amines) is 1. The molecular weight excluding hydrogens is 509 g/mol. The summed E-state index contributed by atoms with van der Waals surface area (Å²) < 4.78 is 19.8. The molecule has 10 heteroatoms. The quantitative estimate of drug-likeness (QED) is 0.265. The predicted molar refractivity (Wildman–Crippen MR) is 144 cm³/mol. The average Bonchev–Trinajstić information content (AvgIpc) is 3.41. The molecule has 204 valence electrons. The van der Waals surface area contributed by atoms with Crippen molar-refractivity contribution in [1.82, 2.24) is 25.6 Å². The molecule has 3 aromatic rings. The number of aromatic amines is 1. The van der Waals surface area contributed by atoms with Crippen LogP contribution in [0.5, 0.6) is 0 Å². The summed E-state index contributed by atoms with van der Waals surface area (Å²) in [5.41, 5.74) is 3.05. The van der Waals surface area contributed by atoms with Gasteiger partial charge in [-0.25, -0.2) is 4.39 Å². The summed E-state index contributed by atoms with van der Waals surface area (Å²) in [6.07, 6.45) is 3.62. The highest BCUT2D eigenvalue weighted by molar-refractivity contribution is 6.30. The Morgan fingerprint density at radius 3 is 2.76 bits per heavy atom. The first-order valence-corrected chi connectivity index (χ1v) is 13.4. The molecule has 0 spiro atoms. The number of nitrogens with zero attached hydrogens (tertiary/aromatic N) is 3. The fourth-order valence-corrected chi connectivity index (χ4v) is 5.04. The van der Waals surface area contributed by atoms with Crippen LogP contribution in [-0.2, 0) is 22.5 Å². The van der Waals surface area contributed by atoms with Crippen molar-refractivity contribution in [2.75, 3.05) is 32.8 Å². The van der Waals surface area contributed by atoms with Crippen molar-refractivity contribution >= 4 is 17.6 Å². The number of aliphatic hydroxyl groups is 1. The summed E-state index contributed by atoms with van der Waals surface area (Å²) in [5.74, 6) is -0.445. The maximum absolute atomic E-state index is 14.3. The van der Waals surface area contributed by atoms with Crippen LogP contribution in [-0.4, -0.2) is 70.3 Å². The molecule has 1 aliphatic heterocycles. The molecule has 0 saturated carbocycles. The number of rotatable bonds is 14. The highest BCUT2D eigenvalue weighted by Crippen LogP contribution is 2.27. The van der Waals surface area contributed by atoms with Gasteiger partial charge in [0.25, 0.3) is 0 Å². The third-order valence-electron chi connectivity index (χ3n) is 6.99. The van der Waals surface area contributed by atoms with Crippen LogP contribution in [0.15, 0.2) is 48.7 Å². The van der Waals surface area contributed by atoms with Crippen LogP contribution in [0, 0.1) is 17.7 Å². The van der Waals surface area contributed by atoms with Crippen molar-refractivity contribution in [3.8, 4) is 11.1 Å². The number of ether oxygens (including phenoxy) is 1. The molecule has 0 amide bonds. The van der Waals surface area contributed by atoms with Gasteiger partial charge in [-0.2, -0.15) is 15.4 Å². The zero-order valence-corrected chi connectivity index (χ0v) is 22.3. The molecule has 0 radical (unpaired) electrons. The van der Waals surface area contributed by atoms with Gasteiger partial charge in [0, 0.05) is 48.8 Å². The Balaban J connectivity index is 1.45. The van der Waals surface area contributed by atoms with E-state index < -0.39 is 0 Å². The zero-order valence-electron chi connectivity index (χ0n) is 21.6. The molecule has 2 aromatic carbocycles. The van der Waals surface area contributed by atoms with Crippen LogP contribution in [0.2, 0.25) is 5.02 Å². The third-order valence-corrected chi connectivity index (χ3v) is 7.22. The molecule has 0 bridgehead atoms. The number of carbonyl (C=O) groups excluding carboxylic acids is 1. The summed E-state index contributed by atoms with van der Waals surface area (Å²) in [7, 11) is 0. The Labute approximate surface area is 227 Å². The molecule has 1 saturated heterocycles. The van der Waals surface area contributed by atoms with Crippen LogP contribution in [0.4, 0.5) is 4.39 Å². The van der Waals surface area contributed by atoms with Crippen molar-refractivity contribution in [1.29, 1.82) is 0 Å². The molecule has 1 fully saturated rings. The number of nitrogens with one attached hydrogen (secondary N) is 2. The third kappa shape index (κ3) is 7.83. The van der Waals surface area contributed by atoms with Gasteiger partial charge in [0.15, 0.2) is 0 Å². The highest BCUT2D eigenvalue weighted by Gasteiger charge is 2.29. The van der Waals surface area contributed by atoms with Crippen molar-refractivity contribution in [2.45, 2.75) is 38.8 Å². The Kier molecular flexibility index (Phi) is 10.2. The number of aliphatic hydroxyl groups excluding tert-OH is 1. The molecule has 8 nitrogen and oxygen atoms in total. The number of esters is 1. The van der Waals surface area contributed by atoms with E-state index in [0.717, 1.165) is 36.5 Å². The van der Waals surface area contributed by atoms with Crippen LogP contribution >= 0.6 is 11.6 Å². The maximum atomic E-state index is 14.3. The summed E-state index contributed by atoms with van der Waals surface area (Å²) in [5, 5.41) is 23.9. The fraction of sp³-hybridized carbons (Fsp3) is 0.464. The fourth-order valence-electron chi connectivity index (χ4n) is 4.87. The number of aromatic nitrogens is 3. The lowest BCUT2D eigenvalue weighted by Gasteiger charge is -2.39. The van der Waals surface area contributed by atoms with Gasteiger partial charge in [-0.3, -0.25) is 4.79 Å². The van der Waals surface area contributed by atoms with Crippen molar-refractivity contribution in [3.63, 3.8) is 0 Å². The van der Waals surface area contributed by atoms with Crippen LogP contribution in [0.25, 0.3) is 11.1 Å². The minimum absolute atomic E-state index is 0.0311. The first-order valence-electron chi connectivity index (χ1n) is 13.1. The standard InChI is InChI=1S/C28H35ClFN5O3/c1-2-38-28(37)22(9-10-35-16-20(17-35)18-36)12-24(31-14-25-15-32-34-33-25)11-19-3-5-21(6-4-19)26-13-23(29)7-8-27(26)30/h3-8,13,15,20,22,24,31,36H,2,9-12,14,16-18H2,1H3,(H,32,33,34)/t22-,24-/m1/s1. The Morgan fingerprint density at radius 2 is 2.08 bits per heavy atom. The second-order valence-electron chi connectivity index (χ2n) is 9.85. The van der Waals surface area contributed by atoms with Gasteiger partial charge in [-0.1, -0.05) is 35.9 Å². The van der Waals surface area contributed by atoms with E-state index >= 15 is 0 Å². The predicted octanol–water partition coefficient (Wildman–Crippen LogP) is 3.85. The maximum Gasteiger partial charge on any atom is 0.309 e. The Bertz CT molecular complexity index is 1160. The SMILES string of the molecule is CCOC(=O)[C@H](CCN1CC(CO)C1)C[C@@H](Cc1ccc(-c2cc(Cl)ccc2F)cc1)NCc1cn[nH]n1. The van der Waals surface area contributed by atoms with Crippen LogP contribution < -0.4 is 5.32 Å². The number of hydrogen-bond donors (Lipinski definition) is 3. The first kappa shape index (κ1) is 28.2. The number of benzene rings is 2. The van der Waals surface area contributed by atoms with Gasteiger partial charge >= 0.3 is 5.97 Å². The van der Waals surface area contributed by atoms with E-state index in [2.05, 4.69) is 25.6 Å². The second-order valence-corrected chi connectivity index (χ2v) is 10.3. The molecule has 1 aliphatic rings. The van der Waals surface area contributed by atoms with Gasteiger partial charge in [-0.05, 0) is 62.1 Å². The molecule has 1 aromatic heterocycles. The van der Waals surface area contributed by atoms with E-state index in [1.807, 2.05) is 31.2 Å². The Morgan fingerprint density at radius 1 is 1.29 bits per heavy atom. The lowest BCUT2D eigenvalue weighted by molar-refractivity contribution is -0.149. The minimum Gasteiger partial charge on any atom is -0.466 e. The number of H-pyrrole nitrogens is 1. The summed E-state index contributed by atoms with van der Waals surface area (Å²) in [6.45, 7) is 5.38. The monoisotopic (exact) mass is 543 g/mol. The lowest BCUT2D eigenvalue weighted by atomic mass is 9.91. The molecule has 4 rings (SSSR count). The Hall–Kier alpha value is -2.85.